The lowest BCUT2D eigenvalue weighted by atomic mass is 9.56. The van der Waals surface area contributed by atoms with E-state index in [2.05, 4.69) is 45.3 Å². The van der Waals surface area contributed by atoms with Crippen LogP contribution >= 0.6 is 17.3 Å². The number of unbranched alkanes of at least 4 members (excludes halogenated alkanes) is 1. The molecule has 158 valence electrons. The van der Waals surface area contributed by atoms with Crippen molar-refractivity contribution in [2.24, 2.45) is 27.8 Å². The van der Waals surface area contributed by atoms with E-state index in [9.17, 15) is 0 Å². The summed E-state index contributed by atoms with van der Waals surface area (Å²) in [6.07, 6.45) is 27.0. The number of hydrogen-bond acceptors (Lipinski definition) is 1. The first-order valence-corrected chi connectivity index (χ1v) is 16.5. The van der Waals surface area contributed by atoms with E-state index < -0.39 is 17.3 Å². The summed E-state index contributed by atoms with van der Waals surface area (Å²) in [6.45, 7) is 8.83. The van der Waals surface area contributed by atoms with Gasteiger partial charge in [-0.3, -0.25) is 4.15 Å². The summed E-state index contributed by atoms with van der Waals surface area (Å²) in [6, 6.07) is 0. The monoisotopic (exact) mass is 411 g/mol. The van der Waals surface area contributed by atoms with Crippen LogP contribution in [0.5, 0.6) is 0 Å². The first-order chi connectivity index (χ1) is 12.7. The average molecular weight is 412 g/mol. The highest BCUT2D eigenvalue weighted by Gasteiger charge is 2.57. The first-order valence-electron chi connectivity index (χ1n) is 11.6. The molecule has 4 saturated carbocycles. The molecule has 4 fully saturated rings. The van der Waals surface area contributed by atoms with Crippen LogP contribution in [0.2, 0.25) is 0 Å². The van der Waals surface area contributed by atoms with Gasteiger partial charge in [0.15, 0.2) is 0 Å². The van der Waals surface area contributed by atoms with Gasteiger partial charge < -0.3 is 0 Å². The molecule has 0 radical (unpaired) electrons. The van der Waals surface area contributed by atoms with Crippen LogP contribution in [0.4, 0.5) is 0 Å². The predicted molar refractivity (Wildman–Crippen MR) is 129 cm³/mol. The lowest BCUT2D eigenvalue weighted by molar-refractivity contribution is 0.0347. The number of nitrogens with zero attached hydrogens (tertiary/aromatic N) is 1. The standard InChI is InChI=1S/C24H46NPS/c1-7-9-12-26(25-27(4,5)6,13-11-20(3)10-8-2)24-17-21-14-22(18-24)16-23(15-21)19-24/h8,20-23H,2,7,9-19H2,1,3-6H3/t20?,21?,22?,23?,24?,26-/m1/s1. The van der Waals surface area contributed by atoms with Gasteiger partial charge in [0.25, 0.3) is 0 Å². The average Bonchev–Trinajstić information content (AvgIpc) is 2.55. The van der Waals surface area contributed by atoms with Crippen molar-refractivity contribution >= 4 is 17.3 Å². The van der Waals surface area contributed by atoms with E-state index >= 15 is 0 Å². The van der Waals surface area contributed by atoms with Gasteiger partial charge in [0.1, 0.15) is 0 Å². The number of rotatable bonds is 10. The van der Waals surface area contributed by atoms with E-state index in [1.165, 1.54) is 38.0 Å². The third kappa shape index (κ3) is 4.91. The smallest absolute Gasteiger partial charge is 0.00716 e. The van der Waals surface area contributed by atoms with Crippen molar-refractivity contribution in [3.05, 3.63) is 12.7 Å². The Labute approximate surface area is 172 Å². The molecule has 27 heavy (non-hydrogen) atoms. The molecule has 1 unspecified atom stereocenters. The molecule has 0 saturated heterocycles. The van der Waals surface area contributed by atoms with Crippen LogP contribution in [0.15, 0.2) is 16.8 Å². The minimum Gasteiger partial charge on any atom is -0.257 e. The fourth-order valence-electron chi connectivity index (χ4n) is 7.05. The zero-order chi connectivity index (χ0) is 19.7. The van der Waals surface area contributed by atoms with E-state index in [0.29, 0.717) is 5.16 Å². The molecule has 4 rings (SSSR count). The van der Waals surface area contributed by atoms with Gasteiger partial charge in [-0.2, -0.15) is 10.2 Å². The SMILES string of the molecule is C=CCC(C)CC[P@@](CCCC)(=NS(C)(C)C)C12CC3CC(CC(C3)C1)C2. The molecule has 4 bridgehead atoms. The van der Waals surface area contributed by atoms with Gasteiger partial charge in [0.05, 0.1) is 0 Å². The van der Waals surface area contributed by atoms with Crippen LogP contribution in [0.25, 0.3) is 0 Å². The van der Waals surface area contributed by atoms with Crippen molar-refractivity contribution in [3.8, 4) is 0 Å². The minimum atomic E-state index is -1.28. The molecule has 0 aliphatic heterocycles. The minimum absolute atomic E-state index is 0.644. The van der Waals surface area contributed by atoms with Crippen LogP contribution in [0.3, 0.4) is 0 Å². The topological polar surface area (TPSA) is 12.4 Å². The molecule has 4 aliphatic carbocycles. The summed E-state index contributed by atoms with van der Waals surface area (Å²) >= 11 is 0. The highest BCUT2D eigenvalue weighted by molar-refractivity contribution is 8.32. The van der Waals surface area contributed by atoms with E-state index in [1.807, 2.05) is 0 Å². The molecule has 0 heterocycles. The maximum absolute atomic E-state index is 5.97. The Morgan fingerprint density at radius 2 is 1.63 bits per heavy atom. The molecule has 0 N–H and O–H groups in total. The van der Waals surface area contributed by atoms with Crippen molar-refractivity contribution in [1.29, 1.82) is 0 Å². The highest BCUT2D eigenvalue weighted by Crippen LogP contribution is 2.77. The van der Waals surface area contributed by atoms with Crippen LogP contribution in [-0.4, -0.2) is 36.2 Å². The molecular weight excluding hydrogens is 365 g/mol. The Morgan fingerprint density at radius 3 is 2.07 bits per heavy atom. The van der Waals surface area contributed by atoms with Gasteiger partial charge in [-0.25, -0.2) is 0 Å². The molecular formula is C24H46NPS. The second-order valence-electron chi connectivity index (χ2n) is 11.1. The Bertz CT molecular complexity index is 538. The van der Waals surface area contributed by atoms with Crippen molar-refractivity contribution in [1.82, 2.24) is 0 Å². The van der Waals surface area contributed by atoms with Crippen LogP contribution < -0.4 is 0 Å². The number of hydrogen-bond donors (Lipinski definition) is 0. The maximum Gasteiger partial charge on any atom is 0.00716 e. The summed E-state index contributed by atoms with van der Waals surface area (Å²) in [7, 11) is -2.10. The fraction of sp³-hybridized carbons (Fsp3) is 0.917. The van der Waals surface area contributed by atoms with Crippen LogP contribution in [0, 0.1) is 23.7 Å². The highest BCUT2D eigenvalue weighted by atomic mass is 32.3. The van der Waals surface area contributed by atoms with Gasteiger partial charge >= 0.3 is 0 Å². The van der Waals surface area contributed by atoms with E-state index in [0.717, 1.165) is 23.7 Å². The molecule has 1 nitrogen and oxygen atoms in total. The zero-order valence-electron chi connectivity index (χ0n) is 18.9. The lowest BCUT2D eigenvalue weighted by Gasteiger charge is -2.61. The van der Waals surface area contributed by atoms with Gasteiger partial charge in [0.2, 0.25) is 0 Å². The summed E-state index contributed by atoms with van der Waals surface area (Å²) in [5.41, 5.74) is 0. The van der Waals surface area contributed by atoms with Gasteiger partial charge in [-0.1, -0.05) is 26.3 Å². The first kappa shape index (κ1) is 22.0. The molecule has 4 aliphatic rings. The predicted octanol–water partition coefficient (Wildman–Crippen LogP) is 8.17. The largest absolute Gasteiger partial charge is 0.257 e. The molecule has 0 spiro atoms. The van der Waals surface area contributed by atoms with Gasteiger partial charge in [-0.05, 0) is 120 Å². The zero-order valence-corrected chi connectivity index (χ0v) is 20.6. The molecule has 0 amide bonds. The van der Waals surface area contributed by atoms with Crippen molar-refractivity contribution < 1.29 is 0 Å². The second-order valence-corrected chi connectivity index (χ2v) is 19.0. The summed E-state index contributed by atoms with van der Waals surface area (Å²) in [5.74, 6) is 3.93. The lowest BCUT2D eigenvalue weighted by Crippen LogP contribution is -2.51. The van der Waals surface area contributed by atoms with Crippen LogP contribution in [-0.2, 0) is 0 Å². The fourth-order valence-corrected chi connectivity index (χ4v) is 16.8. The third-order valence-corrected chi connectivity index (χ3v) is 15.3. The molecule has 3 heteroatoms. The van der Waals surface area contributed by atoms with E-state index in [4.69, 9.17) is 4.15 Å². The van der Waals surface area contributed by atoms with E-state index in [1.54, 1.807) is 38.5 Å². The molecule has 0 aromatic heterocycles. The summed E-state index contributed by atoms with van der Waals surface area (Å²) < 4.78 is 5.97. The normalized spacial score (nSPS) is 36.3. The Balaban J connectivity index is 1.99. The van der Waals surface area contributed by atoms with Gasteiger partial charge in [-0.15, -0.1) is 6.58 Å². The Hall–Kier alpha value is 0.320. The summed E-state index contributed by atoms with van der Waals surface area (Å²) in [4.78, 5) is 0. The Morgan fingerprint density at radius 1 is 1.07 bits per heavy atom. The quantitative estimate of drug-likeness (QED) is 0.254. The van der Waals surface area contributed by atoms with E-state index in [-0.39, 0.29) is 0 Å². The van der Waals surface area contributed by atoms with Crippen molar-refractivity contribution in [2.75, 3.05) is 31.1 Å². The van der Waals surface area contributed by atoms with Gasteiger partial charge in [0, 0.05) is 5.16 Å². The number of allylic oxidation sites excluding steroid dienone is 1. The van der Waals surface area contributed by atoms with Crippen LogP contribution in [0.1, 0.15) is 78.1 Å². The molecule has 0 aromatic carbocycles. The summed E-state index contributed by atoms with van der Waals surface area (Å²) in [5, 5.41) is 0.644. The van der Waals surface area contributed by atoms with Crippen molar-refractivity contribution in [2.45, 2.75) is 83.2 Å². The maximum atomic E-state index is 5.97. The molecule has 0 aromatic rings. The Kier molecular flexibility index (Phi) is 7.00. The molecule has 2 atom stereocenters. The second kappa shape index (κ2) is 8.59. The van der Waals surface area contributed by atoms with Crippen molar-refractivity contribution in [3.63, 3.8) is 0 Å². The third-order valence-electron chi connectivity index (χ3n) is 7.73.